The van der Waals surface area contributed by atoms with Gasteiger partial charge in [-0.2, -0.15) is 0 Å². The Balaban J connectivity index is 1.51. The maximum absolute atomic E-state index is 14.6. The predicted molar refractivity (Wildman–Crippen MR) is 105 cm³/mol. The van der Waals surface area contributed by atoms with Gasteiger partial charge in [-0.3, -0.25) is 4.79 Å². The highest BCUT2D eigenvalue weighted by molar-refractivity contribution is 6.04. The van der Waals surface area contributed by atoms with Crippen molar-refractivity contribution in [3.8, 4) is 12.3 Å². The highest BCUT2D eigenvalue weighted by Crippen LogP contribution is 2.21. The van der Waals surface area contributed by atoms with E-state index in [1.165, 1.54) is 12.1 Å². The average molecular weight is 378 g/mol. The van der Waals surface area contributed by atoms with Crippen molar-refractivity contribution in [3.63, 3.8) is 0 Å². The third-order valence-corrected chi connectivity index (χ3v) is 4.64. The summed E-state index contributed by atoms with van der Waals surface area (Å²) >= 11 is 0. The van der Waals surface area contributed by atoms with Crippen LogP contribution in [-0.4, -0.2) is 46.0 Å². The number of aromatic nitrogens is 3. The molecule has 142 valence electrons. The Hall–Kier alpha value is -3.44. The predicted octanol–water partition coefficient (Wildman–Crippen LogP) is 1.84. The van der Waals surface area contributed by atoms with E-state index in [0.29, 0.717) is 23.7 Å². The minimum absolute atomic E-state index is 0.0453. The number of amides is 1. The molecule has 0 bridgehead atoms. The second-order valence-electron chi connectivity index (χ2n) is 6.66. The first-order chi connectivity index (χ1) is 13.5. The number of piperazine rings is 1. The van der Waals surface area contributed by atoms with Crippen LogP contribution >= 0.6 is 0 Å². The molecule has 0 unspecified atom stereocenters. The largest absolute Gasteiger partial charge is 0.368 e. The number of halogens is 1. The zero-order chi connectivity index (χ0) is 19.7. The number of rotatable bonds is 3. The van der Waals surface area contributed by atoms with Gasteiger partial charge in [0, 0.05) is 31.5 Å². The average Bonchev–Trinajstić information content (AvgIpc) is 3.07. The van der Waals surface area contributed by atoms with Gasteiger partial charge in [0.2, 0.25) is 0 Å². The van der Waals surface area contributed by atoms with Crippen molar-refractivity contribution in [2.75, 3.05) is 29.9 Å². The van der Waals surface area contributed by atoms with Crippen LogP contribution in [0.3, 0.4) is 0 Å². The molecule has 1 saturated heterocycles. The van der Waals surface area contributed by atoms with Crippen LogP contribution in [0.1, 0.15) is 16.1 Å². The summed E-state index contributed by atoms with van der Waals surface area (Å²) in [5.74, 6) is 1.83. The molecule has 1 aliphatic rings. The smallest absolute Gasteiger partial charge is 0.259 e. The Bertz CT molecular complexity index is 1090. The molecule has 0 saturated carbocycles. The van der Waals surface area contributed by atoms with Crippen LogP contribution in [0, 0.1) is 25.1 Å². The van der Waals surface area contributed by atoms with Gasteiger partial charge in [0.05, 0.1) is 29.7 Å². The van der Waals surface area contributed by atoms with Gasteiger partial charge < -0.3 is 19.9 Å². The fourth-order valence-corrected chi connectivity index (χ4v) is 3.26. The Morgan fingerprint density at radius 2 is 2.29 bits per heavy atom. The van der Waals surface area contributed by atoms with Crippen molar-refractivity contribution in [2.45, 2.75) is 13.0 Å². The van der Waals surface area contributed by atoms with Gasteiger partial charge in [0.1, 0.15) is 11.6 Å². The number of aryl methyl sites for hydroxylation is 1. The molecule has 28 heavy (non-hydrogen) atoms. The maximum Gasteiger partial charge on any atom is 0.259 e. The van der Waals surface area contributed by atoms with Gasteiger partial charge in [-0.1, -0.05) is 5.92 Å². The minimum atomic E-state index is -0.592. The van der Waals surface area contributed by atoms with Gasteiger partial charge in [-0.15, -0.1) is 6.42 Å². The molecule has 0 radical (unpaired) electrons. The Kier molecular flexibility index (Phi) is 4.67. The van der Waals surface area contributed by atoms with Crippen LogP contribution in [0.4, 0.5) is 15.9 Å². The Morgan fingerprint density at radius 1 is 1.43 bits per heavy atom. The molecule has 2 N–H and O–H groups in total. The molecule has 1 atom stereocenters. The molecule has 4 rings (SSSR count). The zero-order valence-corrected chi connectivity index (χ0v) is 15.3. The number of terminal acetylenes is 1. The van der Waals surface area contributed by atoms with E-state index in [9.17, 15) is 9.18 Å². The number of benzene rings is 1. The van der Waals surface area contributed by atoms with Crippen molar-refractivity contribution in [2.24, 2.45) is 0 Å². The molecular weight excluding hydrogens is 359 g/mol. The van der Waals surface area contributed by atoms with Gasteiger partial charge in [0.15, 0.2) is 5.65 Å². The summed E-state index contributed by atoms with van der Waals surface area (Å²) in [5, 5.41) is 5.83. The van der Waals surface area contributed by atoms with Crippen molar-refractivity contribution >= 4 is 23.1 Å². The monoisotopic (exact) mass is 378 g/mol. The number of fused-ring (bicyclic) bond motifs is 1. The Morgan fingerprint density at radius 3 is 3.07 bits per heavy atom. The summed E-state index contributed by atoms with van der Waals surface area (Å²) in [6, 6.07) is 4.50. The molecular formula is C20H19FN6O. The van der Waals surface area contributed by atoms with E-state index in [0.717, 1.165) is 18.8 Å². The second-order valence-corrected chi connectivity index (χ2v) is 6.66. The maximum atomic E-state index is 14.6. The lowest BCUT2D eigenvalue weighted by Crippen LogP contribution is -2.50. The molecule has 0 spiro atoms. The van der Waals surface area contributed by atoms with Gasteiger partial charge >= 0.3 is 0 Å². The highest BCUT2D eigenvalue weighted by atomic mass is 19.1. The summed E-state index contributed by atoms with van der Waals surface area (Å²) in [6.07, 6.45) is 10.5. The first-order valence-corrected chi connectivity index (χ1v) is 8.90. The number of carbonyl (C=O) groups is 1. The standard InChI is InChI=1S/C20H19FN6O/c1-3-14-11-26(7-6-22-14)15-4-5-16(17(21)8-15)20(28)25-18-12-27-10-13(2)24-19(27)9-23-18/h1,4-5,8-10,12,14,22H,6-7,11H2,2H3,(H,25,28)/t14-/m1/s1. The summed E-state index contributed by atoms with van der Waals surface area (Å²) in [7, 11) is 0. The lowest BCUT2D eigenvalue weighted by atomic mass is 10.1. The van der Waals surface area contributed by atoms with Crippen LogP contribution in [0.15, 0.2) is 36.8 Å². The van der Waals surface area contributed by atoms with Crippen LogP contribution in [0.2, 0.25) is 0 Å². The SMILES string of the molecule is C#C[C@@H]1CN(c2ccc(C(=O)Nc3cn4cc(C)nc4cn3)c(F)c2)CCN1. The van der Waals surface area contributed by atoms with Crippen LogP contribution in [0.5, 0.6) is 0 Å². The molecule has 2 aromatic heterocycles. The summed E-state index contributed by atoms with van der Waals surface area (Å²) < 4.78 is 16.4. The summed E-state index contributed by atoms with van der Waals surface area (Å²) in [6.45, 7) is 3.90. The zero-order valence-electron chi connectivity index (χ0n) is 15.3. The van der Waals surface area contributed by atoms with Crippen molar-refractivity contribution < 1.29 is 9.18 Å². The topological polar surface area (TPSA) is 74.6 Å². The third-order valence-electron chi connectivity index (χ3n) is 4.64. The molecule has 3 heterocycles. The van der Waals surface area contributed by atoms with E-state index < -0.39 is 11.7 Å². The number of anilines is 2. The van der Waals surface area contributed by atoms with Gasteiger partial charge in [-0.05, 0) is 25.1 Å². The van der Waals surface area contributed by atoms with Crippen molar-refractivity contribution in [1.29, 1.82) is 0 Å². The quantitative estimate of drug-likeness (QED) is 0.681. The molecule has 1 aromatic carbocycles. The molecule has 1 fully saturated rings. The van der Waals surface area contributed by atoms with Crippen LogP contribution < -0.4 is 15.5 Å². The number of nitrogens with zero attached hydrogens (tertiary/aromatic N) is 4. The van der Waals surface area contributed by atoms with E-state index in [-0.39, 0.29) is 11.6 Å². The number of hydrogen-bond donors (Lipinski definition) is 2. The Labute approximate surface area is 161 Å². The van der Waals surface area contributed by atoms with Gasteiger partial charge in [-0.25, -0.2) is 14.4 Å². The summed E-state index contributed by atoms with van der Waals surface area (Å²) in [4.78, 5) is 22.9. The normalized spacial score (nSPS) is 16.8. The minimum Gasteiger partial charge on any atom is -0.368 e. The first-order valence-electron chi connectivity index (χ1n) is 8.90. The van der Waals surface area contributed by atoms with Crippen molar-refractivity contribution in [1.82, 2.24) is 19.7 Å². The van der Waals surface area contributed by atoms with E-state index >= 15 is 0 Å². The molecule has 3 aromatic rings. The molecule has 7 nitrogen and oxygen atoms in total. The molecule has 1 amide bonds. The van der Waals surface area contributed by atoms with E-state index in [1.54, 1.807) is 22.9 Å². The number of hydrogen-bond acceptors (Lipinski definition) is 5. The molecule has 0 aliphatic carbocycles. The third kappa shape index (κ3) is 3.52. The first kappa shape index (κ1) is 17.9. The fourth-order valence-electron chi connectivity index (χ4n) is 3.26. The van der Waals surface area contributed by atoms with Crippen LogP contribution in [-0.2, 0) is 0 Å². The number of carbonyl (C=O) groups excluding carboxylic acids is 1. The lowest BCUT2D eigenvalue weighted by Gasteiger charge is -2.33. The molecule has 8 heteroatoms. The van der Waals surface area contributed by atoms with E-state index in [4.69, 9.17) is 6.42 Å². The second kappa shape index (κ2) is 7.29. The van der Waals surface area contributed by atoms with Gasteiger partial charge in [0.25, 0.3) is 5.91 Å². The summed E-state index contributed by atoms with van der Waals surface area (Å²) in [5.41, 5.74) is 2.17. The number of nitrogens with one attached hydrogen (secondary N) is 2. The fraction of sp³-hybridized carbons (Fsp3) is 0.250. The van der Waals surface area contributed by atoms with Crippen LogP contribution in [0.25, 0.3) is 5.65 Å². The van der Waals surface area contributed by atoms with E-state index in [1.807, 2.05) is 18.0 Å². The molecule has 1 aliphatic heterocycles. The number of imidazole rings is 1. The highest BCUT2D eigenvalue weighted by Gasteiger charge is 2.20. The van der Waals surface area contributed by atoms with Crippen molar-refractivity contribution in [3.05, 3.63) is 53.9 Å². The van der Waals surface area contributed by atoms with E-state index in [2.05, 4.69) is 26.5 Å². The lowest BCUT2D eigenvalue weighted by molar-refractivity contribution is 0.102.